The quantitative estimate of drug-likeness (QED) is 0.780. The summed E-state index contributed by atoms with van der Waals surface area (Å²) in [6, 6.07) is 5.28. The molecule has 0 aliphatic rings. The van der Waals surface area contributed by atoms with E-state index in [4.69, 9.17) is 14.6 Å². The highest BCUT2D eigenvalue weighted by Crippen LogP contribution is 2.32. The molecular weight excluding hydrogens is 216 g/mol. The molecule has 0 aliphatic heterocycles. The zero-order valence-electron chi connectivity index (χ0n) is 8.52. The molecule has 4 nitrogen and oxygen atoms in total. The Balaban J connectivity index is 2.85. The number of rotatable bonds is 5. The maximum absolute atomic E-state index is 10.4. The number of carbonyl (C=O) groups is 1. The number of methoxy groups -OCH3 is 2. The molecule has 0 saturated heterocycles. The van der Waals surface area contributed by atoms with Gasteiger partial charge in [0, 0.05) is 0 Å². The lowest BCUT2D eigenvalue weighted by Gasteiger charge is -2.08. The summed E-state index contributed by atoms with van der Waals surface area (Å²) in [5.41, 5.74) is 0. The van der Waals surface area contributed by atoms with E-state index in [0.717, 1.165) is 4.90 Å². The Morgan fingerprint density at radius 1 is 1.40 bits per heavy atom. The van der Waals surface area contributed by atoms with Crippen LogP contribution in [0.5, 0.6) is 11.5 Å². The van der Waals surface area contributed by atoms with Crippen LogP contribution in [0, 0.1) is 0 Å². The van der Waals surface area contributed by atoms with Gasteiger partial charge in [-0.25, -0.2) is 0 Å². The van der Waals surface area contributed by atoms with Crippen LogP contribution in [0.15, 0.2) is 23.1 Å². The summed E-state index contributed by atoms with van der Waals surface area (Å²) in [7, 11) is 3.11. The lowest BCUT2D eigenvalue weighted by molar-refractivity contribution is -0.133. The zero-order valence-corrected chi connectivity index (χ0v) is 9.34. The molecule has 5 heteroatoms. The fourth-order valence-corrected chi connectivity index (χ4v) is 1.81. The van der Waals surface area contributed by atoms with Crippen molar-refractivity contribution in [3.8, 4) is 11.5 Å². The van der Waals surface area contributed by atoms with Gasteiger partial charge in [0.25, 0.3) is 0 Å². The number of hydrogen-bond donors (Lipinski definition) is 1. The largest absolute Gasteiger partial charge is 0.497 e. The summed E-state index contributed by atoms with van der Waals surface area (Å²) >= 11 is 1.20. The predicted molar refractivity (Wildman–Crippen MR) is 57.9 cm³/mol. The van der Waals surface area contributed by atoms with E-state index in [1.165, 1.54) is 11.8 Å². The van der Waals surface area contributed by atoms with Gasteiger partial charge in [0.1, 0.15) is 11.5 Å². The van der Waals surface area contributed by atoms with Gasteiger partial charge in [0.2, 0.25) is 0 Å². The van der Waals surface area contributed by atoms with E-state index in [1.54, 1.807) is 32.4 Å². The highest BCUT2D eigenvalue weighted by Gasteiger charge is 2.07. The van der Waals surface area contributed by atoms with Gasteiger partial charge in [0.05, 0.1) is 24.9 Å². The van der Waals surface area contributed by atoms with Crippen LogP contribution in [-0.4, -0.2) is 31.0 Å². The van der Waals surface area contributed by atoms with E-state index in [0.29, 0.717) is 11.5 Å². The van der Waals surface area contributed by atoms with Crippen molar-refractivity contribution in [2.24, 2.45) is 0 Å². The van der Waals surface area contributed by atoms with Crippen LogP contribution in [0.2, 0.25) is 0 Å². The SMILES string of the molecule is COc1ccc(OC)c(SCC(=O)O)c1. The third kappa shape index (κ3) is 3.36. The number of benzene rings is 1. The minimum absolute atomic E-state index is 0.00350. The van der Waals surface area contributed by atoms with Crippen molar-refractivity contribution in [3.63, 3.8) is 0 Å². The molecule has 0 aliphatic carbocycles. The van der Waals surface area contributed by atoms with E-state index in [1.807, 2.05) is 0 Å². The number of carboxylic acid groups (broad SMARTS) is 1. The van der Waals surface area contributed by atoms with E-state index >= 15 is 0 Å². The average Bonchev–Trinajstić information content (AvgIpc) is 2.25. The van der Waals surface area contributed by atoms with Crippen molar-refractivity contribution in [2.75, 3.05) is 20.0 Å². The molecule has 0 atom stereocenters. The van der Waals surface area contributed by atoms with Crippen molar-refractivity contribution in [2.45, 2.75) is 4.90 Å². The maximum Gasteiger partial charge on any atom is 0.313 e. The smallest absolute Gasteiger partial charge is 0.313 e. The van der Waals surface area contributed by atoms with Crippen LogP contribution >= 0.6 is 11.8 Å². The Morgan fingerprint density at radius 2 is 2.13 bits per heavy atom. The molecular formula is C10H12O4S. The standard InChI is InChI=1S/C10H12O4S/c1-13-7-3-4-8(14-2)9(5-7)15-6-10(11)12/h3-5H,6H2,1-2H3,(H,11,12). The van der Waals surface area contributed by atoms with Gasteiger partial charge in [-0.3, -0.25) is 4.79 Å². The molecule has 1 aromatic rings. The molecule has 0 amide bonds. The molecule has 1 rings (SSSR count). The molecule has 0 aromatic heterocycles. The van der Waals surface area contributed by atoms with Gasteiger partial charge in [-0.05, 0) is 18.2 Å². The molecule has 0 fully saturated rings. The second-order valence-electron chi connectivity index (χ2n) is 2.70. The van der Waals surface area contributed by atoms with Crippen molar-refractivity contribution < 1.29 is 19.4 Å². The van der Waals surface area contributed by atoms with Crippen molar-refractivity contribution in [1.29, 1.82) is 0 Å². The summed E-state index contributed by atoms with van der Waals surface area (Å²) in [6.07, 6.45) is 0. The van der Waals surface area contributed by atoms with E-state index < -0.39 is 5.97 Å². The van der Waals surface area contributed by atoms with Crippen LogP contribution in [0.25, 0.3) is 0 Å². The van der Waals surface area contributed by atoms with Crippen LogP contribution < -0.4 is 9.47 Å². The Kier molecular flexibility index (Phi) is 4.30. The molecule has 0 spiro atoms. The van der Waals surface area contributed by atoms with E-state index in [-0.39, 0.29) is 5.75 Å². The summed E-state index contributed by atoms with van der Waals surface area (Å²) < 4.78 is 10.2. The maximum atomic E-state index is 10.4. The normalized spacial score (nSPS) is 9.73. The van der Waals surface area contributed by atoms with Crippen LogP contribution in [-0.2, 0) is 4.79 Å². The Labute approximate surface area is 92.2 Å². The summed E-state index contributed by atoms with van der Waals surface area (Å²) in [5.74, 6) is 0.486. The second-order valence-corrected chi connectivity index (χ2v) is 3.72. The number of carboxylic acids is 1. The highest BCUT2D eigenvalue weighted by molar-refractivity contribution is 8.00. The minimum atomic E-state index is -0.857. The molecule has 82 valence electrons. The lowest BCUT2D eigenvalue weighted by atomic mass is 10.3. The number of aliphatic carboxylic acids is 1. The first kappa shape index (κ1) is 11.7. The summed E-state index contributed by atoms with van der Waals surface area (Å²) in [5, 5.41) is 8.57. The first-order valence-electron chi connectivity index (χ1n) is 4.24. The average molecular weight is 228 g/mol. The first-order valence-corrected chi connectivity index (χ1v) is 5.22. The summed E-state index contributed by atoms with van der Waals surface area (Å²) in [6.45, 7) is 0. The summed E-state index contributed by atoms with van der Waals surface area (Å²) in [4.78, 5) is 11.2. The zero-order chi connectivity index (χ0) is 11.3. The topological polar surface area (TPSA) is 55.8 Å². The molecule has 0 radical (unpaired) electrons. The van der Waals surface area contributed by atoms with Crippen LogP contribution in [0.4, 0.5) is 0 Å². The third-order valence-corrected chi connectivity index (χ3v) is 2.74. The minimum Gasteiger partial charge on any atom is -0.497 e. The van der Waals surface area contributed by atoms with Crippen molar-refractivity contribution in [1.82, 2.24) is 0 Å². The van der Waals surface area contributed by atoms with Crippen LogP contribution in [0.3, 0.4) is 0 Å². The lowest BCUT2D eigenvalue weighted by Crippen LogP contribution is -1.98. The first-order chi connectivity index (χ1) is 7.17. The van der Waals surface area contributed by atoms with Gasteiger partial charge in [-0.1, -0.05) is 0 Å². The second kappa shape index (κ2) is 5.50. The number of ether oxygens (including phenoxy) is 2. The fourth-order valence-electron chi connectivity index (χ4n) is 1.04. The van der Waals surface area contributed by atoms with E-state index in [9.17, 15) is 4.79 Å². The monoisotopic (exact) mass is 228 g/mol. The van der Waals surface area contributed by atoms with E-state index in [2.05, 4.69) is 0 Å². The van der Waals surface area contributed by atoms with Gasteiger partial charge in [0.15, 0.2) is 0 Å². The fraction of sp³-hybridized carbons (Fsp3) is 0.300. The highest BCUT2D eigenvalue weighted by atomic mass is 32.2. The van der Waals surface area contributed by atoms with Crippen molar-refractivity contribution >= 4 is 17.7 Å². The van der Waals surface area contributed by atoms with Gasteiger partial charge < -0.3 is 14.6 Å². The van der Waals surface area contributed by atoms with Crippen molar-refractivity contribution in [3.05, 3.63) is 18.2 Å². The molecule has 0 bridgehead atoms. The Bertz CT molecular complexity index is 351. The van der Waals surface area contributed by atoms with Gasteiger partial charge in [-0.15, -0.1) is 11.8 Å². The van der Waals surface area contributed by atoms with Crippen LogP contribution in [0.1, 0.15) is 0 Å². The third-order valence-electron chi connectivity index (χ3n) is 1.72. The van der Waals surface area contributed by atoms with Gasteiger partial charge in [-0.2, -0.15) is 0 Å². The predicted octanol–water partition coefficient (Wildman–Crippen LogP) is 1.88. The number of thioether (sulfide) groups is 1. The molecule has 0 saturated carbocycles. The van der Waals surface area contributed by atoms with Gasteiger partial charge >= 0.3 is 5.97 Å². The molecule has 1 N–H and O–H groups in total. The molecule has 0 heterocycles. The number of hydrogen-bond acceptors (Lipinski definition) is 4. The molecule has 1 aromatic carbocycles. The Morgan fingerprint density at radius 3 is 2.67 bits per heavy atom. The Hall–Kier alpha value is -1.36. The molecule has 15 heavy (non-hydrogen) atoms. The molecule has 0 unspecified atom stereocenters.